The molecule has 2 saturated carbocycles. The first kappa shape index (κ1) is 13.1. The van der Waals surface area contributed by atoms with Crippen LogP contribution in [0.5, 0.6) is 0 Å². The molecule has 0 aromatic heterocycles. The third-order valence-electron chi connectivity index (χ3n) is 4.83. The summed E-state index contributed by atoms with van der Waals surface area (Å²) in [5.74, 6) is 1.55. The minimum absolute atomic E-state index is 0.0904. The van der Waals surface area contributed by atoms with Gasteiger partial charge in [-0.2, -0.15) is 0 Å². The molecule has 1 aliphatic heterocycles. The van der Waals surface area contributed by atoms with Gasteiger partial charge in [0, 0.05) is 19.6 Å². The van der Waals surface area contributed by atoms with Crippen molar-refractivity contribution in [2.45, 2.75) is 31.7 Å². The summed E-state index contributed by atoms with van der Waals surface area (Å²) in [6.07, 6.45) is 5.11. The molecule has 0 bridgehead atoms. The molecule has 1 aromatic rings. The molecule has 1 unspecified atom stereocenters. The molecule has 4 heteroatoms. The summed E-state index contributed by atoms with van der Waals surface area (Å²) in [7, 11) is 0. The molecule has 2 N–H and O–H groups in total. The van der Waals surface area contributed by atoms with Crippen LogP contribution in [0, 0.1) is 11.8 Å². The lowest BCUT2D eigenvalue weighted by Gasteiger charge is -2.26. The minimum Gasteiger partial charge on any atom is -0.367 e. The van der Waals surface area contributed by atoms with E-state index in [1.807, 2.05) is 11.0 Å². The Labute approximate surface area is 125 Å². The van der Waals surface area contributed by atoms with Gasteiger partial charge in [-0.3, -0.25) is 4.79 Å². The van der Waals surface area contributed by atoms with Crippen LogP contribution in [0.1, 0.15) is 25.7 Å². The van der Waals surface area contributed by atoms with Gasteiger partial charge in [-0.1, -0.05) is 12.1 Å². The van der Waals surface area contributed by atoms with E-state index in [0.29, 0.717) is 12.5 Å². The summed E-state index contributed by atoms with van der Waals surface area (Å²) in [5, 5.41) is 0. The zero-order valence-electron chi connectivity index (χ0n) is 12.4. The molecular formula is C17H23N3O. The van der Waals surface area contributed by atoms with Crippen molar-refractivity contribution in [3.63, 3.8) is 0 Å². The second-order valence-electron chi connectivity index (χ2n) is 6.84. The SMILES string of the molecule is NC1CN(CC2CC2)c2ccccc2N(CC2CC2)C1=O. The number of hydrogen-bond donors (Lipinski definition) is 1. The topological polar surface area (TPSA) is 49.6 Å². The van der Waals surface area contributed by atoms with E-state index in [0.717, 1.165) is 24.7 Å². The maximum Gasteiger partial charge on any atom is 0.245 e. The van der Waals surface area contributed by atoms with Crippen molar-refractivity contribution in [2.24, 2.45) is 17.6 Å². The van der Waals surface area contributed by atoms with Gasteiger partial charge in [0.1, 0.15) is 6.04 Å². The van der Waals surface area contributed by atoms with Crippen LogP contribution in [0.25, 0.3) is 0 Å². The van der Waals surface area contributed by atoms with Crippen LogP contribution >= 0.6 is 0 Å². The van der Waals surface area contributed by atoms with Crippen molar-refractivity contribution in [3.05, 3.63) is 24.3 Å². The third kappa shape index (κ3) is 2.64. The van der Waals surface area contributed by atoms with Crippen molar-refractivity contribution < 1.29 is 4.79 Å². The minimum atomic E-state index is -0.408. The summed E-state index contributed by atoms with van der Waals surface area (Å²) >= 11 is 0. The van der Waals surface area contributed by atoms with E-state index in [1.54, 1.807) is 0 Å². The van der Waals surface area contributed by atoms with Crippen molar-refractivity contribution in [1.29, 1.82) is 0 Å². The maximum atomic E-state index is 12.7. The second kappa shape index (κ2) is 5.02. The first-order valence-electron chi connectivity index (χ1n) is 8.13. The molecule has 3 aliphatic rings. The molecule has 2 aliphatic carbocycles. The van der Waals surface area contributed by atoms with Crippen LogP contribution in [0.4, 0.5) is 11.4 Å². The number of anilines is 2. The molecule has 4 rings (SSSR count). The third-order valence-corrected chi connectivity index (χ3v) is 4.83. The molecule has 0 radical (unpaired) electrons. The fourth-order valence-corrected chi connectivity index (χ4v) is 3.22. The number of rotatable bonds is 4. The Morgan fingerprint density at radius 2 is 1.62 bits per heavy atom. The van der Waals surface area contributed by atoms with Crippen molar-refractivity contribution in [2.75, 3.05) is 29.4 Å². The van der Waals surface area contributed by atoms with Gasteiger partial charge in [0.05, 0.1) is 11.4 Å². The molecule has 1 aromatic carbocycles. The fourth-order valence-electron chi connectivity index (χ4n) is 3.22. The van der Waals surface area contributed by atoms with Gasteiger partial charge in [0.15, 0.2) is 0 Å². The van der Waals surface area contributed by atoms with Crippen molar-refractivity contribution in [1.82, 2.24) is 0 Å². The molecule has 4 nitrogen and oxygen atoms in total. The standard InChI is InChI=1S/C17H23N3O/c18-14-11-19(9-12-5-6-12)15-3-1-2-4-16(15)20(17(14)21)10-13-7-8-13/h1-4,12-14H,5-11,18H2. The van der Waals surface area contributed by atoms with Crippen molar-refractivity contribution in [3.8, 4) is 0 Å². The predicted molar refractivity (Wildman–Crippen MR) is 84.4 cm³/mol. The molecule has 21 heavy (non-hydrogen) atoms. The van der Waals surface area contributed by atoms with Gasteiger partial charge in [-0.25, -0.2) is 0 Å². The number of nitrogens with zero attached hydrogens (tertiary/aromatic N) is 2. The lowest BCUT2D eigenvalue weighted by atomic mass is 10.2. The Morgan fingerprint density at radius 3 is 2.29 bits per heavy atom. The number of fused-ring (bicyclic) bond motifs is 1. The molecule has 1 amide bonds. The van der Waals surface area contributed by atoms with E-state index in [2.05, 4.69) is 23.1 Å². The molecule has 0 spiro atoms. The van der Waals surface area contributed by atoms with Gasteiger partial charge < -0.3 is 15.5 Å². The monoisotopic (exact) mass is 285 g/mol. The lowest BCUT2D eigenvalue weighted by molar-refractivity contribution is -0.119. The van der Waals surface area contributed by atoms with Crippen LogP contribution in [0.15, 0.2) is 24.3 Å². The zero-order valence-corrected chi connectivity index (χ0v) is 12.4. The van der Waals surface area contributed by atoms with E-state index in [-0.39, 0.29) is 5.91 Å². The molecule has 0 saturated heterocycles. The van der Waals surface area contributed by atoms with Crippen LogP contribution in [0.3, 0.4) is 0 Å². The average molecular weight is 285 g/mol. The summed E-state index contributed by atoms with van der Waals surface area (Å²) in [6.45, 7) is 2.52. The summed E-state index contributed by atoms with van der Waals surface area (Å²) in [4.78, 5) is 17.0. The Kier molecular flexibility index (Phi) is 3.14. The van der Waals surface area contributed by atoms with Gasteiger partial charge in [0.2, 0.25) is 5.91 Å². The van der Waals surface area contributed by atoms with Gasteiger partial charge in [0.25, 0.3) is 0 Å². The van der Waals surface area contributed by atoms with Gasteiger partial charge in [-0.15, -0.1) is 0 Å². The predicted octanol–water partition coefficient (Wildman–Crippen LogP) is 1.99. The Balaban J connectivity index is 1.70. The van der Waals surface area contributed by atoms with E-state index in [4.69, 9.17) is 5.73 Å². The van der Waals surface area contributed by atoms with E-state index >= 15 is 0 Å². The number of carbonyl (C=O) groups excluding carboxylic acids is 1. The van der Waals surface area contributed by atoms with Gasteiger partial charge in [-0.05, 0) is 49.7 Å². The highest BCUT2D eigenvalue weighted by Crippen LogP contribution is 2.39. The van der Waals surface area contributed by atoms with Crippen LogP contribution in [-0.2, 0) is 4.79 Å². The quantitative estimate of drug-likeness (QED) is 0.920. The number of benzene rings is 1. The highest BCUT2D eigenvalue weighted by Gasteiger charge is 2.36. The second-order valence-corrected chi connectivity index (χ2v) is 6.84. The number of hydrogen-bond acceptors (Lipinski definition) is 3. The first-order valence-corrected chi connectivity index (χ1v) is 8.13. The normalized spacial score (nSPS) is 25.8. The zero-order chi connectivity index (χ0) is 14.4. The molecular weight excluding hydrogens is 262 g/mol. The Bertz CT molecular complexity index is 551. The number of carbonyl (C=O) groups is 1. The van der Waals surface area contributed by atoms with Crippen LogP contribution in [-0.4, -0.2) is 31.6 Å². The van der Waals surface area contributed by atoms with E-state index in [9.17, 15) is 4.79 Å². The highest BCUT2D eigenvalue weighted by molar-refractivity contribution is 6.01. The van der Waals surface area contributed by atoms with Crippen LogP contribution in [0.2, 0.25) is 0 Å². The van der Waals surface area contributed by atoms with Crippen molar-refractivity contribution >= 4 is 17.3 Å². The molecule has 112 valence electrons. The van der Waals surface area contributed by atoms with E-state index in [1.165, 1.54) is 31.4 Å². The fraction of sp³-hybridized carbons (Fsp3) is 0.588. The van der Waals surface area contributed by atoms with E-state index < -0.39 is 6.04 Å². The number of nitrogens with two attached hydrogens (primary N) is 1. The molecule has 2 fully saturated rings. The number of amides is 1. The smallest absolute Gasteiger partial charge is 0.245 e. The number of para-hydroxylation sites is 2. The van der Waals surface area contributed by atoms with Crippen LogP contribution < -0.4 is 15.5 Å². The molecule has 1 heterocycles. The Hall–Kier alpha value is -1.55. The summed E-state index contributed by atoms with van der Waals surface area (Å²) in [5.41, 5.74) is 8.44. The maximum absolute atomic E-state index is 12.7. The lowest BCUT2D eigenvalue weighted by Crippen LogP contribution is -2.48. The first-order chi connectivity index (χ1) is 10.2. The highest BCUT2D eigenvalue weighted by atomic mass is 16.2. The van der Waals surface area contributed by atoms with Gasteiger partial charge >= 0.3 is 0 Å². The largest absolute Gasteiger partial charge is 0.367 e. The summed E-state index contributed by atoms with van der Waals surface area (Å²) in [6, 6.07) is 7.90. The molecule has 1 atom stereocenters. The Morgan fingerprint density at radius 1 is 1.00 bits per heavy atom. The average Bonchev–Trinajstić information content (AvgIpc) is 3.37. The summed E-state index contributed by atoms with van der Waals surface area (Å²) < 4.78 is 0.